The van der Waals surface area contributed by atoms with Gasteiger partial charge >= 0.3 is 5.97 Å². The van der Waals surface area contributed by atoms with Crippen molar-refractivity contribution in [2.45, 2.75) is 0 Å². The van der Waals surface area contributed by atoms with Crippen LogP contribution in [-0.2, 0) is 7.05 Å². The molecule has 0 bridgehead atoms. The monoisotopic (exact) mass is 320 g/mol. The SMILES string of the molecule is Cn1nc(C(=O)O)c(Br)c1-c1ccc(Cl)s1. The molecule has 0 aliphatic rings. The highest BCUT2D eigenvalue weighted by molar-refractivity contribution is 9.10. The predicted molar refractivity (Wildman–Crippen MR) is 66.2 cm³/mol. The fraction of sp³-hybridized carbons (Fsp3) is 0.111. The number of nitrogens with zero attached hydrogens (tertiary/aromatic N) is 2. The first-order chi connectivity index (χ1) is 7.50. The number of carboxylic acid groups (broad SMARTS) is 1. The van der Waals surface area contributed by atoms with Crippen molar-refractivity contribution in [3.8, 4) is 10.6 Å². The summed E-state index contributed by atoms with van der Waals surface area (Å²) in [6.07, 6.45) is 0. The quantitative estimate of drug-likeness (QED) is 0.923. The van der Waals surface area contributed by atoms with Crippen molar-refractivity contribution in [1.82, 2.24) is 9.78 Å². The third kappa shape index (κ3) is 1.88. The zero-order valence-electron chi connectivity index (χ0n) is 8.07. The van der Waals surface area contributed by atoms with Gasteiger partial charge in [0.1, 0.15) is 0 Å². The average molecular weight is 322 g/mol. The van der Waals surface area contributed by atoms with Gasteiger partial charge in [0, 0.05) is 7.05 Å². The lowest BCUT2D eigenvalue weighted by Gasteiger charge is -1.97. The Balaban J connectivity index is 2.61. The zero-order valence-corrected chi connectivity index (χ0v) is 11.2. The molecule has 0 saturated heterocycles. The number of hydrogen-bond acceptors (Lipinski definition) is 3. The number of carbonyl (C=O) groups is 1. The molecule has 0 fully saturated rings. The highest BCUT2D eigenvalue weighted by Gasteiger charge is 2.21. The van der Waals surface area contributed by atoms with Gasteiger partial charge < -0.3 is 5.11 Å². The minimum absolute atomic E-state index is 0.00187. The van der Waals surface area contributed by atoms with E-state index in [0.29, 0.717) is 14.5 Å². The highest BCUT2D eigenvalue weighted by atomic mass is 79.9. The summed E-state index contributed by atoms with van der Waals surface area (Å²) in [7, 11) is 1.69. The van der Waals surface area contributed by atoms with Gasteiger partial charge in [-0.3, -0.25) is 4.68 Å². The molecule has 84 valence electrons. The largest absolute Gasteiger partial charge is 0.476 e. The second kappa shape index (κ2) is 4.20. The van der Waals surface area contributed by atoms with Crippen LogP contribution in [0.15, 0.2) is 16.6 Å². The van der Waals surface area contributed by atoms with Crippen molar-refractivity contribution in [1.29, 1.82) is 0 Å². The molecular weight excluding hydrogens is 316 g/mol. The molecule has 2 rings (SSSR count). The Labute approximate surface area is 109 Å². The molecule has 2 aromatic heterocycles. The van der Waals surface area contributed by atoms with Crippen molar-refractivity contribution in [2.75, 3.05) is 0 Å². The number of aromatic nitrogens is 2. The number of carboxylic acids is 1. The van der Waals surface area contributed by atoms with Crippen LogP contribution in [-0.4, -0.2) is 20.9 Å². The summed E-state index contributed by atoms with van der Waals surface area (Å²) in [6, 6.07) is 3.60. The van der Waals surface area contributed by atoms with E-state index in [1.807, 2.05) is 6.07 Å². The molecule has 7 heteroatoms. The van der Waals surface area contributed by atoms with Crippen LogP contribution in [0, 0.1) is 0 Å². The number of halogens is 2. The Bertz CT molecular complexity index is 564. The summed E-state index contributed by atoms with van der Waals surface area (Å²) in [5.74, 6) is -1.06. The highest BCUT2D eigenvalue weighted by Crippen LogP contribution is 2.36. The van der Waals surface area contributed by atoms with E-state index in [-0.39, 0.29) is 5.69 Å². The Morgan fingerprint density at radius 1 is 1.62 bits per heavy atom. The molecule has 0 aliphatic carbocycles. The van der Waals surface area contributed by atoms with E-state index in [1.54, 1.807) is 13.1 Å². The molecule has 2 heterocycles. The maximum atomic E-state index is 10.9. The van der Waals surface area contributed by atoms with Crippen LogP contribution in [0.4, 0.5) is 0 Å². The Hall–Kier alpha value is -0.850. The van der Waals surface area contributed by atoms with E-state index < -0.39 is 5.97 Å². The van der Waals surface area contributed by atoms with Gasteiger partial charge in [0.15, 0.2) is 5.69 Å². The smallest absolute Gasteiger partial charge is 0.357 e. The van der Waals surface area contributed by atoms with Crippen LogP contribution in [0.3, 0.4) is 0 Å². The molecule has 0 spiro atoms. The summed E-state index contributed by atoms with van der Waals surface area (Å²) >= 11 is 10.5. The van der Waals surface area contributed by atoms with E-state index in [2.05, 4.69) is 21.0 Å². The molecule has 0 radical (unpaired) electrons. The molecular formula is C9H6BrClN2O2S. The third-order valence-corrected chi connectivity index (χ3v) is 3.99. The number of aromatic carboxylic acids is 1. The van der Waals surface area contributed by atoms with Gasteiger partial charge in [-0.15, -0.1) is 11.3 Å². The topological polar surface area (TPSA) is 55.1 Å². The van der Waals surface area contributed by atoms with E-state index >= 15 is 0 Å². The Morgan fingerprint density at radius 3 is 2.75 bits per heavy atom. The normalized spacial score (nSPS) is 10.7. The molecule has 0 saturated carbocycles. The van der Waals surface area contributed by atoms with Gasteiger partial charge in [0.05, 0.1) is 19.4 Å². The minimum Gasteiger partial charge on any atom is -0.476 e. The van der Waals surface area contributed by atoms with Crippen molar-refractivity contribution >= 4 is 44.8 Å². The van der Waals surface area contributed by atoms with Gasteiger partial charge in [0.25, 0.3) is 0 Å². The van der Waals surface area contributed by atoms with E-state index in [4.69, 9.17) is 16.7 Å². The summed E-state index contributed by atoms with van der Waals surface area (Å²) in [4.78, 5) is 11.8. The molecule has 0 atom stereocenters. The number of rotatable bonds is 2. The summed E-state index contributed by atoms with van der Waals surface area (Å²) in [6.45, 7) is 0. The zero-order chi connectivity index (χ0) is 11.9. The van der Waals surface area contributed by atoms with Crippen LogP contribution in [0.1, 0.15) is 10.5 Å². The van der Waals surface area contributed by atoms with Crippen LogP contribution >= 0.6 is 38.9 Å². The molecule has 0 amide bonds. The molecule has 0 unspecified atom stereocenters. The lowest BCUT2D eigenvalue weighted by molar-refractivity contribution is 0.0688. The summed E-state index contributed by atoms with van der Waals surface area (Å²) in [5, 5.41) is 12.9. The Morgan fingerprint density at radius 2 is 2.31 bits per heavy atom. The van der Waals surface area contributed by atoms with E-state index in [9.17, 15) is 4.79 Å². The van der Waals surface area contributed by atoms with Gasteiger partial charge in [-0.2, -0.15) is 5.10 Å². The number of hydrogen-bond donors (Lipinski definition) is 1. The number of thiophene rings is 1. The van der Waals surface area contributed by atoms with Crippen LogP contribution in [0.25, 0.3) is 10.6 Å². The average Bonchev–Trinajstić information content (AvgIpc) is 2.71. The lowest BCUT2D eigenvalue weighted by Crippen LogP contribution is -1.99. The van der Waals surface area contributed by atoms with Gasteiger partial charge in [-0.05, 0) is 28.1 Å². The molecule has 1 N–H and O–H groups in total. The van der Waals surface area contributed by atoms with Crippen molar-refractivity contribution in [2.24, 2.45) is 7.05 Å². The second-order valence-corrected chi connectivity index (χ2v) is 5.55. The fourth-order valence-electron chi connectivity index (χ4n) is 1.34. The molecule has 4 nitrogen and oxygen atoms in total. The van der Waals surface area contributed by atoms with Crippen LogP contribution < -0.4 is 0 Å². The fourth-order valence-corrected chi connectivity index (χ4v) is 3.32. The molecule has 2 aromatic rings. The standard InChI is InChI=1S/C9H6BrClN2O2S/c1-13-8(4-2-3-5(11)16-4)6(10)7(12-13)9(14)15/h2-3H,1H3,(H,14,15). The minimum atomic E-state index is -1.06. The number of aryl methyl sites for hydroxylation is 1. The molecule has 16 heavy (non-hydrogen) atoms. The van der Waals surface area contributed by atoms with Crippen LogP contribution in [0.2, 0.25) is 4.34 Å². The van der Waals surface area contributed by atoms with Gasteiger partial charge in [-0.25, -0.2) is 4.79 Å². The van der Waals surface area contributed by atoms with Crippen molar-refractivity contribution in [3.63, 3.8) is 0 Å². The van der Waals surface area contributed by atoms with E-state index in [0.717, 1.165) is 4.88 Å². The first-order valence-electron chi connectivity index (χ1n) is 4.22. The lowest BCUT2D eigenvalue weighted by atomic mass is 10.3. The summed E-state index contributed by atoms with van der Waals surface area (Å²) < 4.78 is 2.65. The maximum absolute atomic E-state index is 10.9. The molecule has 0 aliphatic heterocycles. The van der Waals surface area contributed by atoms with Gasteiger partial charge in [-0.1, -0.05) is 11.6 Å². The maximum Gasteiger partial charge on any atom is 0.357 e. The van der Waals surface area contributed by atoms with Gasteiger partial charge in [0.2, 0.25) is 0 Å². The van der Waals surface area contributed by atoms with Crippen LogP contribution in [0.5, 0.6) is 0 Å². The van der Waals surface area contributed by atoms with E-state index in [1.165, 1.54) is 16.0 Å². The summed E-state index contributed by atoms with van der Waals surface area (Å²) in [5.41, 5.74) is 0.719. The van der Waals surface area contributed by atoms with Crippen molar-refractivity contribution < 1.29 is 9.90 Å². The Kier molecular flexibility index (Phi) is 3.05. The van der Waals surface area contributed by atoms with Crippen molar-refractivity contribution in [3.05, 3.63) is 26.6 Å². The predicted octanol–water partition coefficient (Wildman–Crippen LogP) is 3.26. The third-order valence-electron chi connectivity index (χ3n) is 2.00. The molecule has 0 aromatic carbocycles. The second-order valence-electron chi connectivity index (χ2n) is 3.04. The first-order valence-corrected chi connectivity index (χ1v) is 6.21. The first kappa shape index (κ1) is 11.6.